The quantitative estimate of drug-likeness (QED) is 0.130. The fourth-order valence-electron chi connectivity index (χ4n) is 11.2. The van der Waals surface area contributed by atoms with Crippen LogP contribution in [-0.2, 0) is 0 Å². The molecular weight excluding hydrogens is 955 g/mol. The van der Waals surface area contributed by atoms with E-state index in [1.54, 1.807) is 0 Å². The molecule has 0 spiro atoms. The molecule has 3 nitrogen and oxygen atoms in total. The van der Waals surface area contributed by atoms with Crippen molar-refractivity contribution in [3.05, 3.63) is 296 Å². The number of nitrogens with zero attached hydrogens (tertiary/aromatic N) is 3. The number of fused-ring (bicyclic) bond motifs is 1. The Morgan fingerprint density at radius 3 is 1.28 bits per heavy atom. The van der Waals surface area contributed by atoms with Gasteiger partial charge in [0.2, 0.25) is 0 Å². The summed E-state index contributed by atoms with van der Waals surface area (Å²) in [6.45, 7) is 6.36. The Labute approximate surface area is 462 Å². The first-order valence-corrected chi connectivity index (χ1v) is 27.0. The van der Waals surface area contributed by atoms with Crippen LogP contribution in [0.25, 0.3) is 134 Å². The van der Waals surface area contributed by atoms with Gasteiger partial charge >= 0.3 is 0 Å². The van der Waals surface area contributed by atoms with Crippen LogP contribution in [0.5, 0.6) is 0 Å². The Morgan fingerprint density at radius 2 is 0.696 bits per heavy atom. The lowest BCUT2D eigenvalue weighted by molar-refractivity contribution is 1.27. The molecule has 0 radical (unpaired) electrons. The van der Waals surface area contributed by atoms with Gasteiger partial charge in [-0.3, -0.25) is 9.97 Å². The molecule has 0 saturated heterocycles. The SMILES string of the molecule is Cc1ccc(-c2ccc(-c3ccccc3-c3cc(-c4ccccc4-c4ccc(-c5cc(C)ccn5)cc4)cc(-c4ccccc4-c4ccc(-c5cc(C)c6ccccc6n5)cc4-c4ccc(-c5ccccc5)cc4)c3)cc2)nc1. The van der Waals surface area contributed by atoms with Gasteiger partial charge in [0.15, 0.2) is 0 Å². The molecule has 79 heavy (non-hydrogen) atoms. The highest BCUT2D eigenvalue weighted by Gasteiger charge is 2.20. The van der Waals surface area contributed by atoms with Crippen LogP contribution in [0.4, 0.5) is 0 Å². The van der Waals surface area contributed by atoms with Gasteiger partial charge in [-0.15, -0.1) is 0 Å². The third-order valence-electron chi connectivity index (χ3n) is 15.3. The molecule has 0 fully saturated rings. The zero-order valence-electron chi connectivity index (χ0n) is 44.4. The van der Waals surface area contributed by atoms with Gasteiger partial charge in [-0.05, 0) is 181 Å². The van der Waals surface area contributed by atoms with Crippen LogP contribution < -0.4 is 0 Å². The number of pyridine rings is 3. The van der Waals surface area contributed by atoms with Crippen molar-refractivity contribution in [2.75, 3.05) is 0 Å². The fourth-order valence-corrected chi connectivity index (χ4v) is 11.2. The van der Waals surface area contributed by atoms with E-state index in [1.807, 2.05) is 18.5 Å². The van der Waals surface area contributed by atoms with E-state index in [-0.39, 0.29) is 0 Å². The first kappa shape index (κ1) is 48.5. The summed E-state index contributed by atoms with van der Waals surface area (Å²) in [7, 11) is 0. The van der Waals surface area contributed by atoms with Crippen LogP contribution in [0.15, 0.2) is 279 Å². The molecule has 374 valence electrons. The third-order valence-corrected chi connectivity index (χ3v) is 15.3. The van der Waals surface area contributed by atoms with Crippen molar-refractivity contribution in [3.63, 3.8) is 0 Å². The Bertz CT molecular complexity index is 4350. The second kappa shape index (κ2) is 21.1. The number of benzene rings is 10. The lowest BCUT2D eigenvalue weighted by atomic mass is 9.84. The molecule has 3 heterocycles. The van der Waals surface area contributed by atoms with Crippen molar-refractivity contribution >= 4 is 10.9 Å². The summed E-state index contributed by atoms with van der Waals surface area (Å²) in [4.78, 5) is 14.7. The molecule has 3 heteroatoms. The Balaban J connectivity index is 0.987. The van der Waals surface area contributed by atoms with Crippen molar-refractivity contribution in [1.82, 2.24) is 15.0 Å². The van der Waals surface area contributed by atoms with Crippen LogP contribution in [0, 0.1) is 20.8 Å². The van der Waals surface area contributed by atoms with E-state index in [9.17, 15) is 0 Å². The van der Waals surface area contributed by atoms with Crippen molar-refractivity contribution < 1.29 is 0 Å². The molecule has 0 aliphatic heterocycles. The molecule has 0 aliphatic rings. The molecule has 13 aromatic rings. The van der Waals surface area contributed by atoms with E-state index < -0.39 is 0 Å². The van der Waals surface area contributed by atoms with Crippen LogP contribution >= 0.6 is 0 Å². The van der Waals surface area contributed by atoms with E-state index in [1.165, 1.54) is 27.6 Å². The average molecular weight is 1010 g/mol. The summed E-state index contributed by atoms with van der Waals surface area (Å²) in [5, 5.41) is 1.17. The number of rotatable bonds is 11. The van der Waals surface area contributed by atoms with Crippen molar-refractivity contribution in [2.24, 2.45) is 0 Å². The zero-order chi connectivity index (χ0) is 53.2. The highest BCUT2D eigenvalue weighted by Crippen LogP contribution is 2.45. The number of aryl methyl sites for hydroxylation is 3. The summed E-state index contributed by atoms with van der Waals surface area (Å²) < 4.78 is 0. The second-order valence-electron chi connectivity index (χ2n) is 20.6. The van der Waals surface area contributed by atoms with Crippen LogP contribution in [-0.4, -0.2) is 15.0 Å². The standard InChI is InChI=1S/C76H55N3/c1-50-41-42-77-75(43-50)59-36-32-56(33-37-59)66-19-8-10-21-68(66)62-45-61(67-20-9-7-18-65(67)55-30-34-58(35-31-55)73-40-25-51(2)49-78-73)46-63(47-62)69-22-11-12-23-70(69)71-39-38-60(76-44-52(3)64-17-13-14-24-74(64)79-76)48-72(71)57-28-26-54(27-29-57)53-15-5-4-6-16-53/h4-49H,1-3H3. The lowest BCUT2D eigenvalue weighted by Crippen LogP contribution is -1.94. The Hall–Kier alpha value is -10.1. The minimum Gasteiger partial charge on any atom is -0.256 e. The molecule has 10 aromatic carbocycles. The van der Waals surface area contributed by atoms with Gasteiger partial charge in [-0.1, -0.05) is 212 Å². The van der Waals surface area contributed by atoms with Crippen LogP contribution in [0.2, 0.25) is 0 Å². The van der Waals surface area contributed by atoms with Crippen molar-refractivity contribution in [3.8, 4) is 123 Å². The van der Waals surface area contributed by atoms with Gasteiger partial charge < -0.3 is 0 Å². The highest BCUT2D eigenvalue weighted by atomic mass is 14.7. The first-order chi connectivity index (χ1) is 38.9. The van der Waals surface area contributed by atoms with Gasteiger partial charge in [0.25, 0.3) is 0 Å². The molecule has 0 saturated carbocycles. The fraction of sp³-hybridized carbons (Fsp3) is 0.0395. The number of hydrogen-bond donors (Lipinski definition) is 0. The van der Waals surface area contributed by atoms with Crippen LogP contribution in [0.3, 0.4) is 0 Å². The number of aromatic nitrogens is 3. The predicted octanol–water partition coefficient (Wildman–Crippen LogP) is 20.3. The predicted molar refractivity (Wildman–Crippen MR) is 331 cm³/mol. The van der Waals surface area contributed by atoms with E-state index in [0.29, 0.717) is 0 Å². The molecule has 0 bridgehead atoms. The maximum Gasteiger partial charge on any atom is 0.0712 e. The van der Waals surface area contributed by atoms with E-state index in [0.717, 1.165) is 123 Å². The summed E-state index contributed by atoms with van der Waals surface area (Å²) in [5.41, 5.74) is 29.0. The number of hydrogen-bond acceptors (Lipinski definition) is 3. The van der Waals surface area contributed by atoms with E-state index >= 15 is 0 Å². The molecule has 13 rings (SSSR count). The minimum atomic E-state index is 0.954. The molecule has 0 N–H and O–H groups in total. The highest BCUT2D eigenvalue weighted by molar-refractivity contribution is 5.98. The normalized spacial score (nSPS) is 11.2. The van der Waals surface area contributed by atoms with Gasteiger partial charge in [0.1, 0.15) is 0 Å². The Morgan fingerprint density at radius 1 is 0.241 bits per heavy atom. The topological polar surface area (TPSA) is 38.7 Å². The average Bonchev–Trinajstić information content (AvgIpc) is 3.52. The maximum absolute atomic E-state index is 5.23. The molecule has 0 unspecified atom stereocenters. The zero-order valence-corrected chi connectivity index (χ0v) is 44.4. The van der Waals surface area contributed by atoms with E-state index in [4.69, 9.17) is 15.0 Å². The smallest absolute Gasteiger partial charge is 0.0712 e. The molecular formula is C76H55N3. The first-order valence-electron chi connectivity index (χ1n) is 27.0. The minimum absolute atomic E-state index is 0.954. The molecule has 3 aromatic heterocycles. The molecule has 0 atom stereocenters. The van der Waals surface area contributed by atoms with Gasteiger partial charge in [0, 0.05) is 34.5 Å². The number of para-hydroxylation sites is 1. The molecule has 0 aliphatic carbocycles. The largest absolute Gasteiger partial charge is 0.256 e. The van der Waals surface area contributed by atoms with Crippen molar-refractivity contribution in [1.29, 1.82) is 0 Å². The molecule has 0 amide bonds. The second-order valence-corrected chi connectivity index (χ2v) is 20.6. The summed E-state index contributed by atoms with van der Waals surface area (Å²) in [6.07, 6.45) is 3.82. The third kappa shape index (κ3) is 9.87. The lowest BCUT2D eigenvalue weighted by Gasteiger charge is -2.19. The van der Waals surface area contributed by atoms with Crippen LogP contribution in [0.1, 0.15) is 16.7 Å². The Kier molecular flexibility index (Phi) is 13.0. The van der Waals surface area contributed by atoms with E-state index in [2.05, 4.69) is 282 Å². The summed E-state index contributed by atoms with van der Waals surface area (Å²) in [6, 6.07) is 97.0. The van der Waals surface area contributed by atoms with Gasteiger partial charge in [-0.2, -0.15) is 0 Å². The monoisotopic (exact) mass is 1010 g/mol. The van der Waals surface area contributed by atoms with Gasteiger partial charge in [-0.25, -0.2) is 4.98 Å². The van der Waals surface area contributed by atoms with Crippen molar-refractivity contribution in [2.45, 2.75) is 20.8 Å². The summed E-state index contributed by atoms with van der Waals surface area (Å²) >= 11 is 0. The summed E-state index contributed by atoms with van der Waals surface area (Å²) in [5.74, 6) is 0. The van der Waals surface area contributed by atoms with Gasteiger partial charge in [0.05, 0.1) is 22.6 Å². The maximum atomic E-state index is 5.23.